The van der Waals surface area contributed by atoms with Gasteiger partial charge in [0.2, 0.25) is 5.95 Å². The Kier molecular flexibility index (Phi) is 4.19. The molecule has 0 amide bonds. The van der Waals surface area contributed by atoms with E-state index in [1.54, 1.807) is 0 Å². The van der Waals surface area contributed by atoms with Crippen LogP contribution in [0, 0.1) is 17.8 Å². The Labute approximate surface area is 198 Å². The first-order valence-corrected chi connectivity index (χ1v) is 12.9. The van der Waals surface area contributed by atoms with Gasteiger partial charge in [0.15, 0.2) is 5.82 Å². The van der Waals surface area contributed by atoms with Gasteiger partial charge < -0.3 is 20.0 Å². The van der Waals surface area contributed by atoms with Gasteiger partial charge in [0.1, 0.15) is 5.52 Å². The number of nitrogens with zero attached hydrogens (tertiary/aromatic N) is 6. The first-order chi connectivity index (χ1) is 16.0. The van der Waals surface area contributed by atoms with Gasteiger partial charge in [-0.15, -0.1) is 0 Å². The van der Waals surface area contributed by atoms with Crippen molar-refractivity contribution >= 4 is 45.8 Å². The zero-order valence-corrected chi connectivity index (χ0v) is 20.0. The lowest BCUT2D eigenvalue weighted by Gasteiger charge is -2.60. The minimum absolute atomic E-state index is 0.517. The van der Waals surface area contributed by atoms with Crippen LogP contribution in [0.5, 0.6) is 0 Å². The molecule has 7 nitrogen and oxygen atoms in total. The van der Waals surface area contributed by atoms with Crippen LogP contribution in [0.1, 0.15) is 5.69 Å². The highest BCUT2D eigenvalue weighted by atomic mass is 32.2. The fraction of sp³-hybridized carbons (Fsp3) is 0.480. The fourth-order valence-corrected chi connectivity index (χ4v) is 7.20. The molecule has 4 saturated heterocycles. The molecule has 0 atom stereocenters. The van der Waals surface area contributed by atoms with Gasteiger partial charge >= 0.3 is 0 Å². The number of aromatic nitrogens is 3. The number of likely N-dealkylation sites (tertiary alicyclic amines) is 1. The van der Waals surface area contributed by atoms with Gasteiger partial charge in [-0.25, -0.2) is 15.0 Å². The number of rotatable bonds is 4. The minimum atomic E-state index is 0.517. The van der Waals surface area contributed by atoms with E-state index in [4.69, 9.17) is 9.97 Å². The number of thioether (sulfide) groups is 1. The second-order valence-electron chi connectivity index (χ2n) is 10.8. The second-order valence-corrected chi connectivity index (χ2v) is 11.8. The second kappa shape index (κ2) is 6.96. The average molecular weight is 460 g/mol. The maximum atomic E-state index is 4.89. The molecule has 0 unspecified atom stereocenters. The van der Waals surface area contributed by atoms with Crippen molar-refractivity contribution in [3.63, 3.8) is 0 Å². The standard InChI is InChI=1S/C25H29N7S/c1-17-7-18-8-26-23(29-21(18)22(27-17)32-13-25(14-32)15-33-16-25)28-19-3-5-20(6-4-19)31-11-24(12-31)9-30(2)10-24/h3-8H,9-16H2,1-2H3,(H,26,28,29). The number of pyridine rings is 1. The number of hydrogen-bond donors (Lipinski definition) is 1. The number of hydrogen-bond acceptors (Lipinski definition) is 8. The quantitative estimate of drug-likeness (QED) is 0.637. The molecule has 0 saturated carbocycles. The molecule has 1 N–H and O–H groups in total. The van der Waals surface area contributed by atoms with E-state index in [9.17, 15) is 0 Å². The lowest BCUT2D eigenvalue weighted by atomic mass is 9.73. The summed E-state index contributed by atoms with van der Waals surface area (Å²) >= 11 is 2.05. The Morgan fingerprint density at radius 1 is 0.909 bits per heavy atom. The lowest BCUT2D eigenvalue weighted by Crippen LogP contribution is -2.71. The first-order valence-electron chi connectivity index (χ1n) is 11.8. The smallest absolute Gasteiger partial charge is 0.227 e. The van der Waals surface area contributed by atoms with Gasteiger partial charge in [-0.1, -0.05) is 0 Å². The molecule has 3 aromatic rings. The van der Waals surface area contributed by atoms with Crippen LogP contribution in [0.25, 0.3) is 10.9 Å². The fourth-order valence-electron chi connectivity index (χ4n) is 6.05. The number of aryl methyl sites for hydroxylation is 1. The predicted molar refractivity (Wildman–Crippen MR) is 136 cm³/mol. The summed E-state index contributed by atoms with van der Waals surface area (Å²) in [6.45, 7) is 9.04. The van der Waals surface area contributed by atoms with E-state index in [1.807, 2.05) is 6.20 Å². The van der Waals surface area contributed by atoms with E-state index in [1.165, 1.54) is 43.4 Å². The summed E-state index contributed by atoms with van der Waals surface area (Å²) in [5.41, 5.74) is 5.32. The molecule has 8 heteroatoms. The first kappa shape index (κ1) is 19.9. The Morgan fingerprint density at radius 2 is 1.64 bits per heavy atom. The molecule has 33 heavy (non-hydrogen) atoms. The predicted octanol–water partition coefficient (Wildman–Crippen LogP) is 3.38. The summed E-state index contributed by atoms with van der Waals surface area (Å²) < 4.78 is 0. The van der Waals surface area contributed by atoms with E-state index in [0.29, 0.717) is 16.8 Å². The van der Waals surface area contributed by atoms with Gasteiger partial charge in [-0.3, -0.25) is 0 Å². The van der Waals surface area contributed by atoms with Crippen molar-refractivity contribution < 1.29 is 0 Å². The van der Waals surface area contributed by atoms with Crippen LogP contribution in [0.2, 0.25) is 0 Å². The van der Waals surface area contributed by atoms with Crippen molar-refractivity contribution in [2.45, 2.75) is 6.92 Å². The molecule has 6 heterocycles. The molecule has 1 aromatic carbocycles. The Morgan fingerprint density at radius 3 is 2.30 bits per heavy atom. The van der Waals surface area contributed by atoms with Gasteiger partial charge in [-0.05, 0) is 44.3 Å². The molecule has 170 valence electrons. The average Bonchev–Trinajstić information content (AvgIpc) is 2.68. The molecule has 0 bridgehead atoms. The summed E-state index contributed by atoms with van der Waals surface area (Å²) in [6.07, 6.45) is 1.92. The van der Waals surface area contributed by atoms with E-state index >= 15 is 0 Å². The van der Waals surface area contributed by atoms with Crippen LogP contribution in [-0.2, 0) is 0 Å². The molecule has 2 spiro atoms. The molecule has 4 fully saturated rings. The number of benzene rings is 1. The van der Waals surface area contributed by atoms with Crippen molar-refractivity contribution in [2.75, 3.05) is 72.9 Å². The summed E-state index contributed by atoms with van der Waals surface area (Å²) in [7, 11) is 2.21. The normalized spacial score (nSPS) is 22.6. The van der Waals surface area contributed by atoms with E-state index in [2.05, 4.69) is 81.1 Å². The minimum Gasteiger partial charge on any atom is -0.370 e. The van der Waals surface area contributed by atoms with Crippen LogP contribution < -0.4 is 15.1 Å². The highest BCUT2D eigenvalue weighted by molar-refractivity contribution is 8.00. The van der Waals surface area contributed by atoms with E-state index < -0.39 is 0 Å². The van der Waals surface area contributed by atoms with Crippen molar-refractivity contribution in [3.8, 4) is 0 Å². The van der Waals surface area contributed by atoms with Crippen LogP contribution >= 0.6 is 11.8 Å². The third-order valence-electron chi connectivity index (χ3n) is 7.60. The van der Waals surface area contributed by atoms with Crippen molar-refractivity contribution in [2.24, 2.45) is 10.8 Å². The maximum absolute atomic E-state index is 4.89. The Balaban J connectivity index is 1.09. The van der Waals surface area contributed by atoms with Crippen LogP contribution in [0.3, 0.4) is 0 Å². The molecule has 0 radical (unpaired) electrons. The highest BCUT2D eigenvalue weighted by Gasteiger charge is 2.50. The Bertz CT molecular complexity index is 1220. The van der Waals surface area contributed by atoms with Crippen molar-refractivity contribution in [1.82, 2.24) is 19.9 Å². The molecule has 4 aliphatic heterocycles. The zero-order chi connectivity index (χ0) is 22.2. The number of anilines is 4. The van der Waals surface area contributed by atoms with Crippen molar-refractivity contribution in [1.29, 1.82) is 0 Å². The van der Waals surface area contributed by atoms with Gasteiger partial charge in [-0.2, -0.15) is 11.8 Å². The molecule has 4 aliphatic rings. The molecule has 0 aliphatic carbocycles. The molecular formula is C25H29N7S. The molecule has 7 rings (SSSR count). The largest absolute Gasteiger partial charge is 0.370 e. The van der Waals surface area contributed by atoms with Crippen molar-refractivity contribution in [3.05, 3.63) is 42.2 Å². The third kappa shape index (κ3) is 3.26. The summed E-state index contributed by atoms with van der Waals surface area (Å²) in [5, 5.41) is 4.45. The highest BCUT2D eigenvalue weighted by Crippen LogP contribution is 2.47. The topological polar surface area (TPSA) is 60.4 Å². The molecule has 2 aromatic heterocycles. The number of fused-ring (bicyclic) bond motifs is 1. The van der Waals surface area contributed by atoms with E-state index in [-0.39, 0.29) is 0 Å². The van der Waals surface area contributed by atoms with Gasteiger partial charge in [0.25, 0.3) is 0 Å². The Hall–Kier alpha value is -2.58. The van der Waals surface area contributed by atoms with Crippen LogP contribution in [0.4, 0.5) is 23.1 Å². The summed E-state index contributed by atoms with van der Waals surface area (Å²) in [6, 6.07) is 10.7. The molecular weight excluding hydrogens is 430 g/mol. The van der Waals surface area contributed by atoms with Gasteiger partial charge in [0.05, 0.1) is 0 Å². The third-order valence-corrected chi connectivity index (χ3v) is 9.23. The van der Waals surface area contributed by atoms with Crippen LogP contribution in [0.15, 0.2) is 36.5 Å². The summed E-state index contributed by atoms with van der Waals surface area (Å²) in [5.74, 6) is 4.18. The number of nitrogens with one attached hydrogen (secondary N) is 1. The summed E-state index contributed by atoms with van der Waals surface area (Å²) in [4.78, 5) is 21.6. The van der Waals surface area contributed by atoms with E-state index in [0.717, 1.165) is 41.2 Å². The van der Waals surface area contributed by atoms with Crippen LogP contribution in [-0.4, -0.2) is 77.7 Å². The zero-order valence-electron chi connectivity index (χ0n) is 19.2. The van der Waals surface area contributed by atoms with Gasteiger partial charge in [0, 0.05) is 90.3 Å². The SMILES string of the molecule is Cc1cc2cnc(Nc3ccc(N4CC5(CN(C)C5)C4)cc3)nc2c(N2CC3(CSC3)C2)n1. The maximum Gasteiger partial charge on any atom is 0.227 e. The monoisotopic (exact) mass is 459 g/mol. The lowest BCUT2D eigenvalue weighted by molar-refractivity contribution is -0.00238.